The summed E-state index contributed by atoms with van der Waals surface area (Å²) in [5.74, 6) is 1.00. The van der Waals surface area contributed by atoms with E-state index in [0.29, 0.717) is 29.8 Å². The van der Waals surface area contributed by atoms with Crippen LogP contribution in [0.25, 0.3) is 10.9 Å². The van der Waals surface area contributed by atoms with E-state index in [2.05, 4.69) is 10.3 Å². The lowest BCUT2D eigenvalue weighted by molar-refractivity contribution is 0.102. The highest BCUT2D eigenvalue weighted by atomic mass is 16.5. The number of ether oxygens (including phenoxy) is 1. The summed E-state index contributed by atoms with van der Waals surface area (Å²) in [6.07, 6.45) is 6.38. The van der Waals surface area contributed by atoms with Gasteiger partial charge in [0, 0.05) is 5.39 Å². The summed E-state index contributed by atoms with van der Waals surface area (Å²) < 4.78 is 5.97. The van der Waals surface area contributed by atoms with Crippen LogP contribution in [0.2, 0.25) is 0 Å². The lowest BCUT2D eigenvalue weighted by Gasteiger charge is -2.24. The molecule has 1 saturated carbocycles. The Morgan fingerprint density at radius 1 is 0.933 bits per heavy atom. The largest absolute Gasteiger partial charge is 0.475 e. The molecule has 3 aromatic rings. The first-order chi connectivity index (χ1) is 14.8. The number of pyridine rings is 1. The number of carbonyl (C=O) groups is 1. The van der Waals surface area contributed by atoms with Gasteiger partial charge >= 0.3 is 0 Å². The van der Waals surface area contributed by atoms with E-state index in [0.717, 1.165) is 16.5 Å². The van der Waals surface area contributed by atoms with Gasteiger partial charge in [0.25, 0.3) is 5.91 Å². The number of fused-ring (bicyclic) bond motifs is 1. The Balaban J connectivity index is 1.37. The molecule has 2 heterocycles. The van der Waals surface area contributed by atoms with Gasteiger partial charge in [0.15, 0.2) is 0 Å². The second-order valence-electron chi connectivity index (χ2n) is 8.10. The molecule has 1 aliphatic heterocycles. The van der Waals surface area contributed by atoms with Gasteiger partial charge in [-0.15, -0.1) is 0 Å². The molecule has 0 bridgehead atoms. The third-order valence-electron chi connectivity index (χ3n) is 6.10. The molecule has 5 rings (SSSR count). The van der Waals surface area contributed by atoms with Crippen molar-refractivity contribution in [3.8, 4) is 0 Å². The van der Waals surface area contributed by atoms with Crippen LogP contribution in [0, 0.1) is 5.92 Å². The molecule has 1 unspecified atom stereocenters. The van der Waals surface area contributed by atoms with E-state index in [-0.39, 0.29) is 11.9 Å². The Morgan fingerprint density at radius 3 is 2.63 bits per heavy atom. The minimum atomic E-state index is -0.240. The molecular weight excluding hydrogens is 374 g/mol. The van der Waals surface area contributed by atoms with Gasteiger partial charge in [0.05, 0.1) is 22.8 Å². The highest BCUT2D eigenvalue weighted by Gasteiger charge is 2.30. The first kappa shape index (κ1) is 18.8. The first-order valence-electron chi connectivity index (χ1n) is 10.7. The number of amides is 1. The predicted molar refractivity (Wildman–Crippen MR) is 119 cm³/mol. The second-order valence-corrected chi connectivity index (χ2v) is 8.10. The third-order valence-corrected chi connectivity index (χ3v) is 6.10. The van der Waals surface area contributed by atoms with Crippen LogP contribution < -0.4 is 5.32 Å². The van der Waals surface area contributed by atoms with Crippen LogP contribution in [0.3, 0.4) is 0 Å². The molecule has 1 fully saturated rings. The Bertz CT molecular complexity index is 1100. The monoisotopic (exact) mass is 399 g/mol. The van der Waals surface area contributed by atoms with Crippen molar-refractivity contribution in [3.63, 3.8) is 0 Å². The fourth-order valence-corrected chi connectivity index (χ4v) is 4.45. The number of anilines is 1. The van der Waals surface area contributed by atoms with Gasteiger partial charge in [0.1, 0.15) is 12.3 Å². The summed E-state index contributed by atoms with van der Waals surface area (Å²) in [5, 5.41) is 4.01. The van der Waals surface area contributed by atoms with Crippen molar-refractivity contribution in [1.82, 2.24) is 4.98 Å². The number of hydrogen-bond donors (Lipinski definition) is 1. The average Bonchev–Trinajstić information content (AvgIpc) is 3.30. The van der Waals surface area contributed by atoms with Crippen LogP contribution in [-0.2, 0) is 4.74 Å². The third kappa shape index (κ3) is 3.80. The quantitative estimate of drug-likeness (QED) is 0.655. The Kier molecular flexibility index (Phi) is 5.18. The molecule has 1 amide bonds. The number of benzene rings is 2. The molecule has 1 aromatic heterocycles. The van der Waals surface area contributed by atoms with Crippen molar-refractivity contribution in [2.24, 2.45) is 10.9 Å². The van der Waals surface area contributed by atoms with E-state index in [1.54, 1.807) is 6.07 Å². The molecule has 5 heteroatoms. The van der Waals surface area contributed by atoms with E-state index < -0.39 is 0 Å². The molecule has 1 atom stereocenters. The summed E-state index contributed by atoms with van der Waals surface area (Å²) >= 11 is 0. The van der Waals surface area contributed by atoms with Crippen LogP contribution in [0.15, 0.2) is 65.7 Å². The smallest absolute Gasteiger partial charge is 0.274 e. The molecule has 5 nitrogen and oxygen atoms in total. The second kappa shape index (κ2) is 8.27. The van der Waals surface area contributed by atoms with Crippen molar-refractivity contribution in [2.45, 2.75) is 38.1 Å². The molecule has 1 N–H and O–H groups in total. The topological polar surface area (TPSA) is 63.6 Å². The Morgan fingerprint density at radius 2 is 1.73 bits per heavy atom. The summed E-state index contributed by atoms with van der Waals surface area (Å²) in [5.41, 5.74) is 2.71. The first-order valence-corrected chi connectivity index (χ1v) is 10.7. The standard InChI is InChI=1S/C25H25N3O2/c29-24(22-15-14-18-10-4-6-12-20(18)26-22)27-21-13-7-5-11-19(21)25-28-23(16-30-25)17-8-2-1-3-9-17/h4-7,10-15,17,23H,1-3,8-9,16H2,(H,27,29). The van der Waals surface area contributed by atoms with Gasteiger partial charge in [-0.25, -0.2) is 9.98 Å². The van der Waals surface area contributed by atoms with Gasteiger partial charge < -0.3 is 10.1 Å². The summed E-state index contributed by atoms with van der Waals surface area (Å²) in [4.78, 5) is 22.3. The molecule has 2 aromatic carbocycles. The lowest BCUT2D eigenvalue weighted by Crippen LogP contribution is -2.22. The Hall–Kier alpha value is -3.21. The number of aromatic nitrogens is 1. The van der Waals surface area contributed by atoms with E-state index in [4.69, 9.17) is 9.73 Å². The minimum Gasteiger partial charge on any atom is -0.475 e. The number of nitrogens with zero attached hydrogens (tertiary/aromatic N) is 2. The van der Waals surface area contributed by atoms with Gasteiger partial charge in [-0.3, -0.25) is 4.79 Å². The van der Waals surface area contributed by atoms with Crippen LogP contribution in [0.1, 0.15) is 48.2 Å². The van der Waals surface area contributed by atoms with Gasteiger partial charge in [-0.05, 0) is 43.0 Å². The maximum atomic E-state index is 12.9. The number of hydrogen-bond acceptors (Lipinski definition) is 4. The van der Waals surface area contributed by atoms with Crippen molar-refractivity contribution in [1.29, 1.82) is 0 Å². The highest BCUT2D eigenvalue weighted by molar-refractivity contribution is 6.09. The van der Waals surface area contributed by atoms with Crippen LogP contribution >= 0.6 is 0 Å². The molecule has 0 saturated heterocycles. The maximum Gasteiger partial charge on any atom is 0.274 e. The van der Waals surface area contributed by atoms with Gasteiger partial charge in [-0.1, -0.05) is 55.7 Å². The zero-order valence-corrected chi connectivity index (χ0v) is 16.9. The average molecular weight is 399 g/mol. The Labute approximate surface area is 176 Å². The van der Waals surface area contributed by atoms with Crippen molar-refractivity contribution in [2.75, 3.05) is 11.9 Å². The van der Waals surface area contributed by atoms with Gasteiger partial charge in [0.2, 0.25) is 5.90 Å². The predicted octanol–water partition coefficient (Wildman–Crippen LogP) is 5.21. The van der Waals surface area contributed by atoms with Crippen LogP contribution in [-0.4, -0.2) is 29.4 Å². The fourth-order valence-electron chi connectivity index (χ4n) is 4.45. The summed E-state index contributed by atoms with van der Waals surface area (Å²) in [7, 11) is 0. The maximum absolute atomic E-state index is 12.9. The van der Waals surface area contributed by atoms with E-state index in [9.17, 15) is 4.79 Å². The number of carbonyl (C=O) groups excluding carboxylic acids is 1. The normalized spacial score (nSPS) is 19.3. The zero-order valence-electron chi connectivity index (χ0n) is 16.9. The minimum absolute atomic E-state index is 0.228. The van der Waals surface area contributed by atoms with E-state index in [1.807, 2.05) is 54.6 Å². The molecule has 1 aliphatic carbocycles. The van der Waals surface area contributed by atoms with Crippen LogP contribution in [0.5, 0.6) is 0 Å². The summed E-state index contributed by atoms with van der Waals surface area (Å²) in [6.45, 7) is 0.633. The number of para-hydroxylation sites is 2. The number of nitrogens with one attached hydrogen (secondary N) is 1. The van der Waals surface area contributed by atoms with Crippen LogP contribution in [0.4, 0.5) is 5.69 Å². The van der Waals surface area contributed by atoms with E-state index in [1.165, 1.54) is 32.1 Å². The zero-order chi connectivity index (χ0) is 20.3. The number of rotatable bonds is 4. The lowest BCUT2D eigenvalue weighted by atomic mass is 9.84. The molecule has 152 valence electrons. The molecule has 30 heavy (non-hydrogen) atoms. The van der Waals surface area contributed by atoms with Gasteiger partial charge in [-0.2, -0.15) is 0 Å². The fraction of sp³-hybridized carbons (Fsp3) is 0.320. The van der Waals surface area contributed by atoms with Crippen molar-refractivity contribution >= 4 is 28.4 Å². The highest BCUT2D eigenvalue weighted by Crippen LogP contribution is 2.31. The molecule has 0 spiro atoms. The van der Waals surface area contributed by atoms with Crippen molar-refractivity contribution in [3.05, 3.63) is 71.9 Å². The van der Waals surface area contributed by atoms with E-state index >= 15 is 0 Å². The molecule has 0 radical (unpaired) electrons. The molecule has 2 aliphatic rings. The number of aliphatic imine (C=N–C) groups is 1. The summed E-state index contributed by atoms with van der Waals surface area (Å²) in [6, 6.07) is 19.4. The SMILES string of the molecule is O=C(Nc1ccccc1C1=NC(C2CCCCC2)CO1)c1ccc2ccccc2n1. The van der Waals surface area contributed by atoms with Crippen molar-refractivity contribution < 1.29 is 9.53 Å². The molecular formula is C25H25N3O2.